The second-order valence-electron chi connectivity index (χ2n) is 6.80. The average Bonchev–Trinajstić information content (AvgIpc) is 2.86. The lowest BCUT2D eigenvalue weighted by Gasteiger charge is -2.09. The molecule has 2 aliphatic rings. The SMILES string of the molecule is CC1(C)[C@H](C(=O)Nc2sc3c(c2C#N)CCCC3)[C@@H]1C=C(Cl)Cl. The Morgan fingerprint density at radius 2 is 2.09 bits per heavy atom. The van der Waals surface area contributed by atoms with Gasteiger partial charge in [0.25, 0.3) is 0 Å². The molecule has 1 N–H and O–H groups in total. The van der Waals surface area contributed by atoms with Gasteiger partial charge in [-0.15, -0.1) is 11.3 Å². The van der Waals surface area contributed by atoms with Crippen molar-refractivity contribution in [1.82, 2.24) is 0 Å². The smallest absolute Gasteiger partial charge is 0.229 e. The maximum Gasteiger partial charge on any atom is 0.229 e. The average molecular weight is 369 g/mol. The van der Waals surface area contributed by atoms with Gasteiger partial charge in [-0.05, 0) is 48.7 Å². The molecule has 2 aliphatic carbocycles. The number of halogens is 2. The molecule has 2 atom stereocenters. The van der Waals surface area contributed by atoms with E-state index < -0.39 is 0 Å². The first-order chi connectivity index (χ1) is 10.9. The summed E-state index contributed by atoms with van der Waals surface area (Å²) < 4.78 is 0.197. The quantitative estimate of drug-likeness (QED) is 0.813. The van der Waals surface area contributed by atoms with Gasteiger partial charge in [0.15, 0.2) is 0 Å². The maximum absolute atomic E-state index is 12.6. The maximum atomic E-state index is 12.6. The van der Waals surface area contributed by atoms with Crippen molar-refractivity contribution in [2.75, 3.05) is 5.32 Å². The van der Waals surface area contributed by atoms with Crippen molar-refractivity contribution in [1.29, 1.82) is 5.26 Å². The Hall–Kier alpha value is -1.02. The van der Waals surface area contributed by atoms with Crippen LogP contribution in [0.2, 0.25) is 0 Å². The van der Waals surface area contributed by atoms with Gasteiger partial charge >= 0.3 is 0 Å². The minimum absolute atomic E-state index is 0.0348. The molecule has 1 fully saturated rings. The number of amides is 1. The molecule has 23 heavy (non-hydrogen) atoms. The second-order valence-corrected chi connectivity index (χ2v) is 8.91. The van der Waals surface area contributed by atoms with Crippen molar-refractivity contribution in [3.8, 4) is 6.07 Å². The number of nitriles is 1. The molecule has 3 rings (SSSR count). The van der Waals surface area contributed by atoms with Gasteiger partial charge in [-0.1, -0.05) is 37.0 Å². The lowest BCUT2D eigenvalue weighted by molar-refractivity contribution is -0.118. The van der Waals surface area contributed by atoms with E-state index >= 15 is 0 Å². The van der Waals surface area contributed by atoms with Crippen LogP contribution in [0.25, 0.3) is 0 Å². The fourth-order valence-corrected chi connectivity index (χ4v) is 5.10. The number of carbonyl (C=O) groups excluding carboxylic acids is 1. The van der Waals surface area contributed by atoms with E-state index in [2.05, 4.69) is 11.4 Å². The minimum Gasteiger partial charge on any atom is -0.316 e. The molecule has 0 spiro atoms. The van der Waals surface area contributed by atoms with Crippen LogP contribution >= 0.6 is 34.5 Å². The molecule has 0 unspecified atom stereocenters. The molecule has 3 nitrogen and oxygen atoms in total. The van der Waals surface area contributed by atoms with Crippen molar-refractivity contribution in [2.45, 2.75) is 39.5 Å². The van der Waals surface area contributed by atoms with E-state index in [1.807, 2.05) is 13.8 Å². The van der Waals surface area contributed by atoms with Crippen LogP contribution in [-0.4, -0.2) is 5.91 Å². The highest BCUT2D eigenvalue weighted by Crippen LogP contribution is 2.60. The number of carbonyl (C=O) groups is 1. The lowest BCUT2D eigenvalue weighted by atomic mass is 9.96. The Labute approximate surface area is 150 Å². The topological polar surface area (TPSA) is 52.9 Å². The Morgan fingerprint density at radius 3 is 2.74 bits per heavy atom. The van der Waals surface area contributed by atoms with Crippen LogP contribution in [0.15, 0.2) is 10.6 Å². The molecule has 6 heteroatoms. The van der Waals surface area contributed by atoms with Crippen LogP contribution in [0.4, 0.5) is 5.00 Å². The van der Waals surface area contributed by atoms with E-state index in [9.17, 15) is 10.1 Å². The van der Waals surface area contributed by atoms with Gasteiger partial charge in [0.05, 0.1) is 11.5 Å². The van der Waals surface area contributed by atoms with Crippen LogP contribution in [0.5, 0.6) is 0 Å². The summed E-state index contributed by atoms with van der Waals surface area (Å²) in [7, 11) is 0. The summed E-state index contributed by atoms with van der Waals surface area (Å²) in [4.78, 5) is 13.9. The summed E-state index contributed by atoms with van der Waals surface area (Å²) in [5.74, 6) is -0.186. The van der Waals surface area contributed by atoms with Crippen LogP contribution in [-0.2, 0) is 17.6 Å². The van der Waals surface area contributed by atoms with Crippen molar-refractivity contribution in [3.63, 3.8) is 0 Å². The predicted molar refractivity (Wildman–Crippen MR) is 94.9 cm³/mol. The van der Waals surface area contributed by atoms with Gasteiger partial charge in [0, 0.05) is 4.88 Å². The first-order valence-electron chi connectivity index (χ1n) is 7.74. The number of hydrogen-bond acceptors (Lipinski definition) is 3. The van der Waals surface area contributed by atoms with Gasteiger partial charge in [-0.2, -0.15) is 5.26 Å². The molecule has 1 heterocycles. The zero-order chi connectivity index (χ0) is 16.8. The van der Waals surface area contributed by atoms with Crippen LogP contribution in [0.3, 0.4) is 0 Å². The van der Waals surface area contributed by atoms with Gasteiger partial charge in [-0.3, -0.25) is 4.79 Å². The summed E-state index contributed by atoms with van der Waals surface area (Å²) in [6.45, 7) is 4.06. The van der Waals surface area contributed by atoms with E-state index in [-0.39, 0.29) is 27.6 Å². The monoisotopic (exact) mass is 368 g/mol. The predicted octanol–water partition coefficient (Wildman–Crippen LogP) is 5.03. The van der Waals surface area contributed by atoms with E-state index in [0.717, 1.165) is 31.2 Å². The molecule has 0 radical (unpaired) electrons. The molecule has 1 aromatic heterocycles. The number of anilines is 1. The third-order valence-corrected chi connectivity index (χ3v) is 6.48. The zero-order valence-corrected chi connectivity index (χ0v) is 15.4. The molecule has 0 bridgehead atoms. The molecule has 122 valence electrons. The molecule has 0 aromatic carbocycles. The fourth-order valence-electron chi connectivity index (χ4n) is 3.59. The van der Waals surface area contributed by atoms with E-state index in [4.69, 9.17) is 23.2 Å². The van der Waals surface area contributed by atoms with E-state index in [1.54, 1.807) is 17.4 Å². The molecular weight excluding hydrogens is 351 g/mol. The van der Waals surface area contributed by atoms with Crippen molar-refractivity contribution in [3.05, 3.63) is 26.6 Å². The van der Waals surface area contributed by atoms with Crippen molar-refractivity contribution in [2.24, 2.45) is 17.3 Å². The summed E-state index contributed by atoms with van der Waals surface area (Å²) in [6, 6.07) is 2.27. The number of hydrogen-bond donors (Lipinski definition) is 1. The molecule has 1 aromatic rings. The molecule has 0 aliphatic heterocycles. The van der Waals surface area contributed by atoms with Gasteiger partial charge < -0.3 is 5.32 Å². The summed E-state index contributed by atoms with van der Waals surface area (Å²) in [5, 5.41) is 13.1. The molecule has 1 saturated carbocycles. The normalized spacial score (nSPS) is 24.3. The Bertz CT molecular complexity index is 726. The van der Waals surface area contributed by atoms with Crippen molar-refractivity contribution < 1.29 is 4.79 Å². The Balaban J connectivity index is 1.81. The second kappa shape index (κ2) is 6.12. The summed E-state index contributed by atoms with van der Waals surface area (Å²) in [6.07, 6.45) is 5.95. The van der Waals surface area contributed by atoms with Crippen LogP contribution in [0.1, 0.15) is 42.7 Å². The van der Waals surface area contributed by atoms with E-state index in [0.29, 0.717) is 10.6 Å². The number of rotatable bonds is 3. The minimum atomic E-state index is -0.166. The highest BCUT2D eigenvalue weighted by atomic mass is 35.5. The number of thiophene rings is 1. The number of fused-ring (bicyclic) bond motifs is 1. The Kier molecular flexibility index (Phi) is 4.48. The summed E-state index contributed by atoms with van der Waals surface area (Å²) in [5.41, 5.74) is 1.62. The van der Waals surface area contributed by atoms with Gasteiger partial charge in [-0.25, -0.2) is 0 Å². The highest BCUT2D eigenvalue weighted by molar-refractivity contribution is 7.16. The van der Waals surface area contributed by atoms with E-state index in [1.165, 1.54) is 4.88 Å². The number of aryl methyl sites for hydroxylation is 1. The lowest BCUT2D eigenvalue weighted by Crippen LogP contribution is -2.16. The fraction of sp³-hybridized carbons (Fsp3) is 0.529. The first-order valence-corrected chi connectivity index (χ1v) is 9.31. The highest BCUT2D eigenvalue weighted by Gasteiger charge is 2.60. The van der Waals surface area contributed by atoms with Gasteiger partial charge in [0.1, 0.15) is 15.6 Å². The van der Waals surface area contributed by atoms with Crippen LogP contribution < -0.4 is 5.32 Å². The number of allylic oxidation sites excluding steroid dienone is 1. The molecular formula is C17H18Cl2N2OS. The zero-order valence-electron chi connectivity index (χ0n) is 13.1. The van der Waals surface area contributed by atoms with Crippen molar-refractivity contribution >= 4 is 45.4 Å². The van der Waals surface area contributed by atoms with Gasteiger partial charge in [0.2, 0.25) is 5.91 Å². The Morgan fingerprint density at radius 1 is 1.39 bits per heavy atom. The standard InChI is InChI=1S/C17H18Cl2N2OS/c1-17(2)11(7-13(18)19)14(17)15(22)21-16-10(8-20)9-5-3-4-6-12(9)23-16/h7,11,14H,3-6H2,1-2H3,(H,21,22)/t11-,14-/m0/s1. The third kappa shape index (κ3) is 3.03. The van der Waals surface area contributed by atoms with Crippen LogP contribution in [0, 0.1) is 28.6 Å². The molecule has 1 amide bonds. The first kappa shape index (κ1) is 16.8. The number of nitrogens with one attached hydrogen (secondary N) is 1. The largest absolute Gasteiger partial charge is 0.316 e. The number of nitrogens with zero attached hydrogens (tertiary/aromatic N) is 1. The third-order valence-electron chi connectivity index (χ3n) is 5.02. The molecule has 0 saturated heterocycles. The summed E-state index contributed by atoms with van der Waals surface area (Å²) >= 11 is 13.0.